The van der Waals surface area contributed by atoms with Crippen LogP contribution in [0.3, 0.4) is 0 Å². The zero-order valence-corrected chi connectivity index (χ0v) is 26.6. The van der Waals surface area contributed by atoms with Crippen molar-refractivity contribution in [3.8, 4) is 33.4 Å². The van der Waals surface area contributed by atoms with Crippen LogP contribution in [0.4, 0.5) is 0 Å². The summed E-state index contributed by atoms with van der Waals surface area (Å²) >= 11 is 1.94. The molecule has 10 rings (SSSR count). The van der Waals surface area contributed by atoms with Crippen LogP contribution in [0, 0.1) is 0 Å². The van der Waals surface area contributed by atoms with Crippen molar-refractivity contribution >= 4 is 63.8 Å². The molecular weight excluding hydrogens is 573 g/mol. The molecule has 0 saturated carbocycles. The SMILES string of the molecule is CC1(C)c2ccc(-c3c4ccccc4c(-c4ccccc4)c4ccccc34)cc2-c2c1ccc1sc3c4ccccc4ccc3c21. The summed E-state index contributed by atoms with van der Waals surface area (Å²) in [7, 11) is 0. The van der Waals surface area contributed by atoms with Gasteiger partial charge in [0.05, 0.1) is 0 Å². The molecule has 0 spiro atoms. The smallest absolute Gasteiger partial charge is 0.0434 e. The van der Waals surface area contributed by atoms with Crippen molar-refractivity contribution in [2.24, 2.45) is 0 Å². The third-order valence-corrected chi connectivity index (χ3v) is 11.7. The lowest BCUT2D eigenvalue weighted by molar-refractivity contribution is 0.661. The van der Waals surface area contributed by atoms with E-state index in [1.807, 2.05) is 11.3 Å². The zero-order valence-electron chi connectivity index (χ0n) is 25.8. The van der Waals surface area contributed by atoms with Crippen LogP contribution in [-0.4, -0.2) is 0 Å². The third-order valence-electron chi connectivity index (χ3n) is 10.4. The van der Waals surface area contributed by atoms with Crippen LogP contribution in [0.25, 0.3) is 85.9 Å². The fourth-order valence-electron chi connectivity index (χ4n) is 8.35. The highest BCUT2D eigenvalue weighted by Crippen LogP contribution is 2.55. The molecule has 0 amide bonds. The van der Waals surface area contributed by atoms with Crippen molar-refractivity contribution in [2.45, 2.75) is 19.3 Å². The van der Waals surface area contributed by atoms with Crippen LogP contribution in [0.1, 0.15) is 25.0 Å². The van der Waals surface area contributed by atoms with Gasteiger partial charge in [0.15, 0.2) is 0 Å². The molecule has 0 nitrogen and oxygen atoms in total. The molecule has 1 heteroatoms. The van der Waals surface area contributed by atoms with Crippen LogP contribution in [0.2, 0.25) is 0 Å². The number of hydrogen-bond donors (Lipinski definition) is 0. The second-order valence-electron chi connectivity index (χ2n) is 13.2. The van der Waals surface area contributed by atoms with E-state index in [0.29, 0.717) is 0 Å². The average molecular weight is 603 g/mol. The molecule has 46 heavy (non-hydrogen) atoms. The maximum Gasteiger partial charge on any atom is 0.0434 e. The highest BCUT2D eigenvalue weighted by Gasteiger charge is 2.37. The van der Waals surface area contributed by atoms with Gasteiger partial charge < -0.3 is 0 Å². The van der Waals surface area contributed by atoms with Gasteiger partial charge in [0.1, 0.15) is 0 Å². The van der Waals surface area contributed by atoms with E-state index in [1.165, 1.54) is 97.0 Å². The number of rotatable bonds is 2. The standard InChI is InChI=1S/C45H30S/c1-45(2)37-23-21-29(41-33-18-10-8-16-31(33)40(28-13-4-3-5-14-28)32-17-9-11-19-34(32)41)26-36(37)42-38(45)24-25-39-43(42)35-22-20-27-12-6-7-15-30(27)44(35)46-39/h3-26H,1-2H3. The van der Waals surface area contributed by atoms with E-state index in [2.05, 4.69) is 159 Å². The van der Waals surface area contributed by atoms with E-state index in [-0.39, 0.29) is 5.41 Å². The minimum absolute atomic E-state index is 0.0796. The maximum absolute atomic E-state index is 2.50. The van der Waals surface area contributed by atoms with Crippen molar-refractivity contribution in [3.63, 3.8) is 0 Å². The minimum atomic E-state index is -0.0796. The highest BCUT2D eigenvalue weighted by molar-refractivity contribution is 7.26. The summed E-state index contributed by atoms with van der Waals surface area (Å²) in [5, 5.41) is 10.6. The summed E-state index contributed by atoms with van der Waals surface area (Å²) in [5.74, 6) is 0. The van der Waals surface area contributed by atoms with Gasteiger partial charge in [-0.25, -0.2) is 0 Å². The van der Waals surface area contributed by atoms with Crippen molar-refractivity contribution < 1.29 is 0 Å². The first-order chi connectivity index (χ1) is 22.6. The molecule has 1 heterocycles. The number of benzene rings is 8. The summed E-state index contributed by atoms with van der Waals surface area (Å²) in [4.78, 5) is 0. The molecule has 9 aromatic rings. The predicted molar refractivity (Wildman–Crippen MR) is 200 cm³/mol. The predicted octanol–water partition coefficient (Wildman–Crippen LogP) is 13.2. The Kier molecular flexibility index (Phi) is 5.31. The Morgan fingerprint density at radius 1 is 0.435 bits per heavy atom. The summed E-state index contributed by atoms with van der Waals surface area (Å²) in [5.41, 5.74) is 10.7. The van der Waals surface area contributed by atoms with Crippen LogP contribution in [0.5, 0.6) is 0 Å². The lowest BCUT2D eigenvalue weighted by Crippen LogP contribution is -2.14. The van der Waals surface area contributed by atoms with Crippen molar-refractivity contribution in [3.05, 3.63) is 157 Å². The molecule has 216 valence electrons. The van der Waals surface area contributed by atoms with Gasteiger partial charge >= 0.3 is 0 Å². The molecule has 0 unspecified atom stereocenters. The second-order valence-corrected chi connectivity index (χ2v) is 14.3. The Hall–Kier alpha value is -5.24. The molecule has 0 atom stereocenters. The molecule has 0 radical (unpaired) electrons. The van der Waals surface area contributed by atoms with E-state index in [4.69, 9.17) is 0 Å². The fraction of sp³-hybridized carbons (Fsp3) is 0.0667. The van der Waals surface area contributed by atoms with Crippen molar-refractivity contribution in [1.29, 1.82) is 0 Å². The summed E-state index contributed by atoms with van der Waals surface area (Å²) in [6.07, 6.45) is 0. The molecule has 0 fully saturated rings. The normalized spacial score (nSPS) is 13.6. The van der Waals surface area contributed by atoms with Gasteiger partial charge in [-0.2, -0.15) is 0 Å². The Bertz CT molecular complexity index is 2650. The van der Waals surface area contributed by atoms with E-state index >= 15 is 0 Å². The molecule has 0 N–H and O–H groups in total. The highest BCUT2D eigenvalue weighted by atomic mass is 32.1. The maximum atomic E-state index is 2.50. The Balaban J connectivity index is 1.30. The zero-order chi connectivity index (χ0) is 30.6. The first kappa shape index (κ1) is 26.0. The van der Waals surface area contributed by atoms with Crippen molar-refractivity contribution in [2.75, 3.05) is 0 Å². The lowest BCUT2D eigenvalue weighted by Gasteiger charge is -2.22. The van der Waals surface area contributed by atoms with Gasteiger partial charge in [0.2, 0.25) is 0 Å². The van der Waals surface area contributed by atoms with Crippen LogP contribution >= 0.6 is 11.3 Å². The molecule has 0 bridgehead atoms. The van der Waals surface area contributed by atoms with E-state index in [9.17, 15) is 0 Å². The lowest BCUT2D eigenvalue weighted by atomic mass is 9.81. The number of thiophene rings is 1. The number of hydrogen-bond acceptors (Lipinski definition) is 1. The van der Waals surface area contributed by atoms with Gasteiger partial charge in [-0.1, -0.05) is 147 Å². The fourth-order valence-corrected chi connectivity index (χ4v) is 9.59. The first-order valence-corrected chi connectivity index (χ1v) is 16.9. The first-order valence-electron chi connectivity index (χ1n) is 16.1. The van der Waals surface area contributed by atoms with Gasteiger partial charge in [-0.3, -0.25) is 0 Å². The quantitative estimate of drug-likeness (QED) is 0.173. The molecule has 8 aromatic carbocycles. The average Bonchev–Trinajstić information content (AvgIpc) is 3.59. The molecule has 0 saturated heterocycles. The minimum Gasteiger partial charge on any atom is -0.135 e. The molecule has 1 aliphatic rings. The van der Waals surface area contributed by atoms with Gasteiger partial charge in [-0.05, 0) is 89.0 Å². The molecule has 1 aromatic heterocycles. The second kappa shape index (κ2) is 9.39. The molecule has 1 aliphatic carbocycles. The molecular formula is C45H30S. The van der Waals surface area contributed by atoms with Gasteiger partial charge in [-0.15, -0.1) is 11.3 Å². The van der Waals surface area contributed by atoms with Gasteiger partial charge in [0.25, 0.3) is 0 Å². The summed E-state index contributed by atoms with van der Waals surface area (Å²) in [6.45, 7) is 4.79. The van der Waals surface area contributed by atoms with E-state index < -0.39 is 0 Å². The van der Waals surface area contributed by atoms with E-state index in [0.717, 1.165) is 0 Å². The summed E-state index contributed by atoms with van der Waals surface area (Å²) in [6, 6.07) is 54.3. The van der Waals surface area contributed by atoms with Crippen LogP contribution in [-0.2, 0) is 5.41 Å². The van der Waals surface area contributed by atoms with E-state index in [1.54, 1.807) is 0 Å². The Morgan fingerprint density at radius 3 is 1.72 bits per heavy atom. The summed E-state index contributed by atoms with van der Waals surface area (Å²) < 4.78 is 2.75. The Labute approximate surface area is 272 Å². The van der Waals surface area contributed by atoms with Crippen LogP contribution < -0.4 is 0 Å². The monoisotopic (exact) mass is 602 g/mol. The largest absolute Gasteiger partial charge is 0.135 e. The van der Waals surface area contributed by atoms with Gasteiger partial charge in [0, 0.05) is 25.6 Å². The molecule has 0 aliphatic heterocycles. The third kappa shape index (κ3) is 3.44. The van der Waals surface area contributed by atoms with Crippen molar-refractivity contribution in [1.82, 2.24) is 0 Å². The Morgan fingerprint density at radius 2 is 1.02 bits per heavy atom. The van der Waals surface area contributed by atoms with Crippen LogP contribution in [0.15, 0.2) is 146 Å². The topological polar surface area (TPSA) is 0 Å². The number of fused-ring (bicyclic) bond motifs is 11.